The monoisotopic (exact) mass is 288 g/mol. The van der Waals surface area contributed by atoms with Gasteiger partial charge in [0.05, 0.1) is 7.11 Å². The molecule has 0 unspecified atom stereocenters. The van der Waals surface area contributed by atoms with Crippen molar-refractivity contribution >= 4 is 0 Å². The molecule has 0 saturated carbocycles. The maximum Gasteiger partial charge on any atom is 0.122 e. The first-order chi connectivity index (χ1) is 10.2. The summed E-state index contributed by atoms with van der Waals surface area (Å²) in [5, 5.41) is 0. The number of nitrogens with zero attached hydrogens (tertiary/aromatic N) is 2. The van der Waals surface area contributed by atoms with Gasteiger partial charge in [0.1, 0.15) is 5.75 Å². The van der Waals surface area contributed by atoms with E-state index in [1.54, 1.807) is 7.11 Å². The van der Waals surface area contributed by atoms with Crippen molar-refractivity contribution in [2.45, 2.75) is 45.7 Å². The van der Waals surface area contributed by atoms with Crippen LogP contribution in [0, 0.1) is 13.8 Å². The number of hydrogen-bond acceptors (Lipinski definition) is 3. The van der Waals surface area contributed by atoms with Crippen LogP contribution in [0.15, 0.2) is 12.1 Å². The summed E-state index contributed by atoms with van der Waals surface area (Å²) in [4.78, 5) is 5.32. The van der Waals surface area contributed by atoms with Gasteiger partial charge in [-0.2, -0.15) is 0 Å². The molecule has 116 valence electrons. The third-order valence-corrected chi connectivity index (χ3v) is 5.37. The van der Waals surface area contributed by atoms with Crippen molar-refractivity contribution in [3.63, 3.8) is 0 Å². The minimum atomic E-state index is 0.798. The minimum absolute atomic E-state index is 0.798. The summed E-state index contributed by atoms with van der Waals surface area (Å²) < 4.78 is 5.42. The summed E-state index contributed by atoms with van der Waals surface area (Å²) in [6.45, 7) is 10.6. The van der Waals surface area contributed by atoms with E-state index in [0.29, 0.717) is 0 Å². The molecule has 0 aliphatic carbocycles. The zero-order valence-electron chi connectivity index (χ0n) is 13.7. The van der Waals surface area contributed by atoms with Gasteiger partial charge in [-0.15, -0.1) is 0 Å². The van der Waals surface area contributed by atoms with Crippen LogP contribution in [0.2, 0.25) is 0 Å². The molecule has 0 amide bonds. The summed E-state index contributed by atoms with van der Waals surface area (Å²) in [6.07, 6.45) is 4.13. The maximum absolute atomic E-state index is 5.42. The quantitative estimate of drug-likeness (QED) is 0.847. The van der Waals surface area contributed by atoms with Gasteiger partial charge in [-0.1, -0.05) is 6.07 Å². The Bertz CT molecular complexity index is 494. The molecular formula is C18H28N2O. The van der Waals surface area contributed by atoms with Crippen LogP contribution in [-0.2, 0) is 6.54 Å². The molecule has 0 aromatic heterocycles. The predicted molar refractivity (Wildman–Crippen MR) is 87.0 cm³/mol. The van der Waals surface area contributed by atoms with E-state index >= 15 is 0 Å². The molecule has 3 rings (SSSR count). The molecule has 2 aliphatic rings. The molecule has 1 atom stereocenters. The van der Waals surface area contributed by atoms with E-state index in [-0.39, 0.29) is 0 Å². The molecule has 2 heterocycles. The maximum atomic E-state index is 5.42. The van der Waals surface area contributed by atoms with Crippen molar-refractivity contribution in [3.05, 3.63) is 28.8 Å². The molecule has 2 fully saturated rings. The average molecular weight is 288 g/mol. The zero-order chi connectivity index (χ0) is 14.8. The van der Waals surface area contributed by atoms with Crippen molar-refractivity contribution in [2.24, 2.45) is 0 Å². The lowest BCUT2D eigenvalue weighted by Crippen LogP contribution is -2.35. The van der Waals surface area contributed by atoms with E-state index in [9.17, 15) is 0 Å². The molecule has 3 nitrogen and oxygen atoms in total. The second-order valence-corrected chi connectivity index (χ2v) is 6.60. The normalized spacial score (nSPS) is 23.9. The van der Waals surface area contributed by atoms with E-state index in [1.165, 1.54) is 62.1 Å². The first-order valence-corrected chi connectivity index (χ1v) is 8.28. The van der Waals surface area contributed by atoms with E-state index in [0.717, 1.165) is 18.3 Å². The summed E-state index contributed by atoms with van der Waals surface area (Å²) in [7, 11) is 1.75. The molecule has 0 spiro atoms. The van der Waals surface area contributed by atoms with Gasteiger partial charge in [0.25, 0.3) is 0 Å². The third-order valence-electron chi connectivity index (χ3n) is 5.37. The number of benzene rings is 1. The van der Waals surface area contributed by atoms with Crippen molar-refractivity contribution in [3.8, 4) is 5.75 Å². The molecule has 0 N–H and O–H groups in total. The predicted octanol–water partition coefficient (Wildman–Crippen LogP) is 2.98. The Labute approximate surface area is 128 Å². The number of methoxy groups -OCH3 is 1. The standard InChI is InChI=1S/C18H28N2O/c1-14-15(2)18(21-3)7-6-16(14)12-19-11-8-17(13-19)20-9-4-5-10-20/h6-7,17H,4-5,8-13H2,1-3H3/t17-/m0/s1. The van der Waals surface area contributed by atoms with Crippen molar-refractivity contribution in [1.82, 2.24) is 9.80 Å². The van der Waals surface area contributed by atoms with Crippen LogP contribution in [0.1, 0.15) is 36.0 Å². The highest BCUT2D eigenvalue weighted by molar-refractivity contribution is 5.43. The van der Waals surface area contributed by atoms with Crippen LogP contribution >= 0.6 is 0 Å². The number of rotatable bonds is 4. The molecule has 0 bridgehead atoms. The van der Waals surface area contributed by atoms with Gasteiger partial charge >= 0.3 is 0 Å². The third kappa shape index (κ3) is 3.09. The first kappa shape index (κ1) is 14.9. The lowest BCUT2D eigenvalue weighted by atomic mass is 10.0. The highest BCUT2D eigenvalue weighted by Gasteiger charge is 2.29. The van der Waals surface area contributed by atoms with Crippen LogP contribution < -0.4 is 4.74 Å². The highest BCUT2D eigenvalue weighted by atomic mass is 16.5. The molecular weight excluding hydrogens is 260 g/mol. The Morgan fingerprint density at radius 1 is 1.10 bits per heavy atom. The van der Waals surface area contributed by atoms with Gasteiger partial charge in [0.2, 0.25) is 0 Å². The van der Waals surface area contributed by atoms with E-state index in [4.69, 9.17) is 4.74 Å². The Morgan fingerprint density at radius 3 is 2.57 bits per heavy atom. The average Bonchev–Trinajstić information content (AvgIpc) is 3.15. The number of hydrogen-bond donors (Lipinski definition) is 0. The van der Waals surface area contributed by atoms with Crippen molar-refractivity contribution < 1.29 is 4.74 Å². The lowest BCUT2D eigenvalue weighted by Gasteiger charge is -2.24. The smallest absolute Gasteiger partial charge is 0.122 e. The van der Waals surface area contributed by atoms with Gasteiger partial charge in [-0.3, -0.25) is 9.80 Å². The van der Waals surface area contributed by atoms with Crippen LogP contribution in [0.5, 0.6) is 5.75 Å². The number of likely N-dealkylation sites (tertiary alicyclic amines) is 2. The summed E-state index contributed by atoms with van der Waals surface area (Å²) >= 11 is 0. The fraction of sp³-hybridized carbons (Fsp3) is 0.667. The van der Waals surface area contributed by atoms with Gasteiger partial charge in [0, 0.05) is 25.7 Å². The Balaban J connectivity index is 1.63. The summed E-state index contributed by atoms with van der Waals surface area (Å²) in [5.74, 6) is 1.01. The van der Waals surface area contributed by atoms with E-state index in [1.807, 2.05) is 0 Å². The Morgan fingerprint density at radius 2 is 1.86 bits per heavy atom. The zero-order valence-corrected chi connectivity index (χ0v) is 13.7. The Kier molecular flexibility index (Phi) is 4.51. The molecule has 21 heavy (non-hydrogen) atoms. The van der Waals surface area contributed by atoms with E-state index < -0.39 is 0 Å². The van der Waals surface area contributed by atoms with Crippen molar-refractivity contribution in [1.29, 1.82) is 0 Å². The fourth-order valence-electron chi connectivity index (χ4n) is 3.85. The van der Waals surface area contributed by atoms with Gasteiger partial charge in [-0.05, 0) is 69.0 Å². The van der Waals surface area contributed by atoms with Gasteiger partial charge < -0.3 is 4.74 Å². The van der Waals surface area contributed by atoms with Crippen LogP contribution in [0.3, 0.4) is 0 Å². The van der Waals surface area contributed by atoms with Gasteiger partial charge in [-0.25, -0.2) is 0 Å². The van der Waals surface area contributed by atoms with Gasteiger partial charge in [0.15, 0.2) is 0 Å². The largest absolute Gasteiger partial charge is 0.496 e. The summed E-state index contributed by atoms with van der Waals surface area (Å²) in [5.41, 5.74) is 4.12. The fourth-order valence-corrected chi connectivity index (χ4v) is 3.85. The SMILES string of the molecule is COc1ccc(CN2CC[C@H](N3CCCC3)C2)c(C)c1C. The molecule has 3 heteroatoms. The van der Waals surface area contributed by atoms with Crippen LogP contribution in [0.25, 0.3) is 0 Å². The molecule has 0 radical (unpaired) electrons. The second kappa shape index (κ2) is 6.37. The second-order valence-electron chi connectivity index (χ2n) is 6.60. The van der Waals surface area contributed by atoms with Crippen LogP contribution in [-0.4, -0.2) is 49.1 Å². The molecule has 2 aliphatic heterocycles. The Hall–Kier alpha value is -1.06. The number of ether oxygens (including phenoxy) is 1. The van der Waals surface area contributed by atoms with Crippen LogP contribution in [0.4, 0.5) is 0 Å². The minimum Gasteiger partial charge on any atom is -0.496 e. The highest BCUT2D eigenvalue weighted by Crippen LogP contribution is 2.27. The molecule has 2 saturated heterocycles. The summed E-state index contributed by atoms with van der Waals surface area (Å²) in [6, 6.07) is 5.16. The van der Waals surface area contributed by atoms with E-state index in [2.05, 4.69) is 35.8 Å². The first-order valence-electron chi connectivity index (χ1n) is 8.28. The van der Waals surface area contributed by atoms with Crippen molar-refractivity contribution in [2.75, 3.05) is 33.3 Å². The topological polar surface area (TPSA) is 15.7 Å². The molecule has 1 aromatic carbocycles. The molecule has 1 aromatic rings. The lowest BCUT2D eigenvalue weighted by molar-refractivity contribution is 0.229.